The monoisotopic (exact) mass is 268 g/mol. The molecule has 0 spiro atoms. The normalized spacial score (nSPS) is 15.1. The molecule has 0 rings (SSSR count). The molecule has 0 aliphatic rings. The largest absolute Gasteiger partial charge is 0.410 e. The van der Waals surface area contributed by atoms with Crippen molar-refractivity contribution in [2.24, 2.45) is 0 Å². The second-order valence-electron chi connectivity index (χ2n) is 5.37. The molecule has 1 unspecified atom stereocenters. The average Bonchev–Trinajstić information content (AvgIpc) is 2.42. The van der Waals surface area contributed by atoms with E-state index < -0.39 is 8.32 Å². The molecule has 0 bridgehead atoms. The van der Waals surface area contributed by atoms with Crippen molar-refractivity contribution in [2.45, 2.75) is 90.5 Å². The third-order valence-electron chi connectivity index (χ3n) is 4.42. The van der Waals surface area contributed by atoms with Crippen LogP contribution in [0.1, 0.15) is 66.7 Å². The van der Waals surface area contributed by atoms with Gasteiger partial charge in [0.1, 0.15) is 0 Å². The van der Waals surface area contributed by atoms with Gasteiger partial charge in [-0.05, 0) is 31.0 Å². The van der Waals surface area contributed by atoms with Crippen molar-refractivity contribution >= 4 is 8.32 Å². The third-order valence-corrected chi connectivity index (χ3v) is 9.15. The van der Waals surface area contributed by atoms with Crippen molar-refractivity contribution in [1.82, 2.24) is 0 Å². The van der Waals surface area contributed by atoms with Crippen molar-refractivity contribution in [1.29, 1.82) is 0 Å². The van der Waals surface area contributed by atoms with Crippen LogP contribution in [-0.2, 0) is 4.43 Å². The first kappa shape index (κ1) is 17.7. The van der Waals surface area contributed by atoms with Crippen molar-refractivity contribution in [2.75, 3.05) is 0 Å². The zero-order valence-electron chi connectivity index (χ0n) is 13.1. The number of hydrogen-bond acceptors (Lipinski definition) is 1. The zero-order chi connectivity index (χ0) is 14.1. The highest BCUT2D eigenvalue weighted by molar-refractivity contribution is 6.73. The van der Waals surface area contributed by atoms with E-state index >= 15 is 0 Å². The van der Waals surface area contributed by atoms with Gasteiger partial charge in [-0.3, -0.25) is 0 Å². The summed E-state index contributed by atoms with van der Waals surface area (Å²) in [6, 6.07) is 3.62. The van der Waals surface area contributed by atoms with Gasteiger partial charge in [-0.15, -0.1) is 12.3 Å². The molecule has 1 nitrogen and oxygen atoms in total. The molecular weight excluding hydrogens is 236 g/mol. The summed E-state index contributed by atoms with van der Waals surface area (Å²) in [7, 11) is -1.56. The molecule has 0 heterocycles. The Hall–Kier alpha value is -0.263. The van der Waals surface area contributed by atoms with Gasteiger partial charge in [-0.1, -0.05) is 47.5 Å². The molecule has 0 aromatic heterocycles. The van der Waals surface area contributed by atoms with Gasteiger partial charge in [-0.2, -0.15) is 0 Å². The quantitative estimate of drug-likeness (QED) is 0.382. The van der Waals surface area contributed by atoms with Crippen LogP contribution in [0.4, 0.5) is 0 Å². The van der Waals surface area contributed by atoms with E-state index in [-0.39, 0.29) is 5.60 Å². The lowest BCUT2D eigenvalue weighted by molar-refractivity contribution is 0.0454. The van der Waals surface area contributed by atoms with Gasteiger partial charge in [0.05, 0.1) is 5.60 Å². The first-order valence-electron chi connectivity index (χ1n) is 7.71. The van der Waals surface area contributed by atoms with E-state index in [9.17, 15) is 0 Å². The zero-order valence-corrected chi connectivity index (χ0v) is 14.1. The Labute approximate surface area is 116 Å². The summed E-state index contributed by atoms with van der Waals surface area (Å²) in [5, 5.41) is 0. The summed E-state index contributed by atoms with van der Waals surface area (Å²) in [5.41, 5.74) is -0.0426. The van der Waals surface area contributed by atoms with Crippen molar-refractivity contribution in [3.05, 3.63) is 0 Å². The Morgan fingerprint density at radius 2 is 1.61 bits per heavy atom. The first-order chi connectivity index (χ1) is 8.57. The Morgan fingerprint density at radius 1 is 1.06 bits per heavy atom. The van der Waals surface area contributed by atoms with E-state index in [0.29, 0.717) is 0 Å². The van der Waals surface area contributed by atoms with Crippen molar-refractivity contribution < 1.29 is 4.43 Å². The van der Waals surface area contributed by atoms with Gasteiger partial charge in [0.25, 0.3) is 0 Å². The van der Waals surface area contributed by atoms with E-state index in [1.54, 1.807) is 0 Å². The SMILES string of the molecule is C#CCC(CC)(CCCC)O[Si](CC)(CC)CC. The molecule has 18 heavy (non-hydrogen) atoms. The fourth-order valence-corrected chi connectivity index (χ4v) is 5.83. The van der Waals surface area contributed by atoms with Crippen LogP contribution in [0.25, 0.3) is 0 Å². The van der Waals surface area contributed by atoms with E-state index in [1.807, 2.05) is 0 Å². The molecule has 0 N–H and O–H groups in total. The van der Waals surface area contributed by atoms with Crippen LogP contribution in [0.5, 0.6) is 0 Å². The summed E-state index contributed by atoms with van der Waals surface area (Å²) < 4.78 is 6.76. The fraction of sp³-hybridized carbons (Fsp3) is 0.875. The molecule has 0 fully saturated rings. The Morgan fingerprint density at radius 3 is 1.94 bits per heavy atom. The summed E-state index contributed by atoms with van der Waals surface area (Å²) in [6.45, 7) is 11.3. The highest BCUT2D eigenvalue weighted by Crippen LogP contribution is 2.35. The number of rotatable bonds is 10. The predicted molar refractivity (Wildman–Crippen MR) is 84.3 cm³/mol. The Balaban J connectivity index is 5.00. The molecule has 1 atom stereocenters. The highest BCUT2D eigenvalue weighted by atomic mass is 28.4. The molecule has 0 aliphatic carbocycles. The molecule has 0 saturated carbocycles. The minimum atomic E-state index is -1.56. The predicted octanol–water partition coefficient (Wildman–Crippen LogP) is 5.37. The molecule has 106 valence electrons. The van der Waals surface area contributed by atoms with Gasteiger partial charge in [0, 0.05) is 6.42 Å². The van der Waals surface area contributed by atoms with Crippen LogP contribution in [-0.4, -0.2) is 13.9 Å². The average molecular weight is 269 g/mol. The van der Waals surface area contributed by atoms with Crippen molar-refractivity contribution in [3.8, 4) is 12.3 Å². The van der Waals surface area contributed by atoms with Gasteiger partial charge in [0.2, 0.25) is 0 Å². The van der Waals surface area contributed by atoms with Crippen LogP contribution in [0.15, 0.2) is 0 Å². The summed E-state index contributed by atoms with van der Waals surface area (Å²) >= 11 is 0. The Bertz CT molecular complexity index is 244. The molecule has 0 saturated heterocycles. The molecule has 0 amide bonds. The van der Waals surface area contributed by atoms with Gasteiger partial charge >= 0.3 is 0 Å². The lowest BCUT2D eigenvalue weighted by Crippen LogP contribution is -2.47. The number of unbranched alkanes of at least 4 members (excludes halogenated alkanes) is 1. The molecule has 0 aromatic carbocycles. The summed E-state index contributed by atoms with van der Waals surface area (Å²) in [4.78, 5) is 0. The lowest BCUT2D eigenvalue weighted by atomic mass is 9.91. The standard InChI is InChI=1S/C16H32OSi/c1-7-13-15-16(9-3,14-8-2)17-18(10-4,11-5)12-6/h2H,7,9-15H2,1,3-6H3. The molecule has 0 aromatic rings. The second kappa shape index (κ2) is 8.77. The topological polar surface area (TPSA) is 9.23 Å². The number of hydrogen-bond donors (Lipinski definition) is 0. The van der Waals surface area contributed by atoms with Gasteiger partial charge < -0.3 is 4.43 Å². The molecule has 2 heteroatoms. The first-order valence-corrected chi connectivity index (χ1v) is 10.2. The smallest absolute Gasteiger partial charge is 0.192 e. The maximum atomic E-state index is 6.76. The highest BCUT2D eigenvalue weighted by Gasteiger charge is 2.38. The third kappa shape index (κ3) is 4.78. The minimum absolute atomic E-state index is 0.0426. The number of terminal acetylenes is 1. The molecule has 0 radical (unpaired) electrons. The van der Waals surface area contributed by atoms with E-state index in [0.717, 1.165) is 19.3 Å². The van der Waals surface area contributed by atoms with Gasteiger partial charge in [0.15, 0.2) is 8.32 Å². The molecular formula is C16H32OSi. The van der Waals surface area contributed by atoms with E-state index in [1.165, 1.54) is 31.0 Å². The van der Waals surface area contributed by atoms with E-state index in [2.05, 4.69) is 40.5 Å². The summed E-state index contributed by atoms with van der Waals surface area (Å²) in [5.74, 6) is 2.86. The van der Waals surface area contributed by atoms with Crippen LogP contribution in [0.3, 0.4) is 0 Å². The second-order valence-corrected chi connectivity index (χ2v) is 10.1. The van der Waals surface area contributed by atoms with Crippen LogP contribution in [0, 0.1) is 12.3 Å². The Kier molecular flexibility index (Phi) is 8.64. The van der Waals surface area contributed by atoms with Crippen LogP contribution in [0.2, 0.25) is 18.1 Å². The fourth-order valence-electron chi connectivity index (χ4n) is 2.66. The minimum Gasteiger partial charge on any atom is -0.410 e. The summed E-state index contributed by atoms with van der Waals surface area (Å²) in [6.07, 6.45) is 11.0. The molecule has 0 aliphatic heterocycles. The van der Waals surface area contributed by atoms with Crippen LogP contribution >= 0.6 is 0 Å². The van der Waals surface area contributed by atoms with Gasteiger partial charge in [-0.25, -0.2) is 0 Å². The maximum absolute atomic E-state index is 6.76. The van der Waals surface area contributed by atoms with E-state index in [4.69, 9.17) is 10.8 Å². The maximum Gasteiger partial charge on any atom is 0.192 e. The van der Waals surface area contributed by atoms with Crippen molar-refractivity contribution in [3.63, 3.8) is 0 Å². The lowest BCUT2D eigenvalue weighted by Gasteiger charge is -2.41. The van der Waals surface area contributed by atoms with Crippen LogP contribution < -0.4 is 0 Å².